The molecule has 1 atom stereocenters. The Bertz CT molecular complexity index is 570. The third-order valence-electron chi connectivity index (χ3n) is 4.12. The Morgan fingerprint density at radius 3 is 2.38 bits per heavy atom. The fourth-order valence-corrected chi connectivity index (χ4v) is 2.73. The molecule has 1 aliphatic rings. The first-order chi connectivity index (χ1) is 11.1. The summed E-state index contributed by atoms with van der Waals surface area (Å²) in [6, 6.07) is 5.34. The maximum Gasteiger partial charge on any atom is 0.405 e. The molecule has 1 aliphatic heterocycles. The van der Waals surface area contributed by atoms with E-state index in [0.29, 0.717) is 12.4 Å². The SMILES string of the molecule is CCOc1ccc(CCC(N2CC(C)(C)C(=O)N2)C(F)(F)F)cc1. The van der Waals surface area contributed by atoms with Crippen LogP contribution in [-0.4, -0.2) is 36.3 Å². The second kappa shape index (κ2) is 7.01. The van der Waals surface area contributed by atoms with Gasteiger partial charge in [0.2, 0.25) is 5.91 Å². The topological polar surface area (TPSA) is 41.6 Å². The van der Waals surface area contributed by atoms with Gasteiger partial charge in [-0.3, -0.25) is 10.2 Å². The Kier molecular flexibility index (Phi) is 5.42. The highest BCUT2D eigenvalue weighted by molar-refractivity contribution is 5.83. The molecule has 4 nitrogen and oxygen atoms in total. The van der Waals surface area contributed by atoms with Crippen LogP contribution in [0.25, 0.3) is 0 Å². The van der Waals surface area contributed by atoms with Gasteiger partial charge in [0.05, 0.1) is 12.0 Å². The number of aryl methyl sites for hydroxylation is 1. The number of amides is 1. The van der Waals surface area contributed by atoms with Crippen LogP contribution in [0.5, 0.6) is 5.75 Å². The van der Waals surface area contributed by atoms with Crippen molar-refractivity contribution >= 4 is 5.91 Å². The van der Waals surface area contributed by atoms with E-state index in [4.69, 9.17) is 4.74 Å². The summed E-state index contributed by atoms with van der Waals surface area (Å²) in [5.74, 6) is 0.319. The minimum Gasteiger partial charge on any atom is -0.494 e. The number of nitrogens with zero attached hydrogens (tertiary/aromatic N) is 1. The van der Waals surface area contributed by atoms with Crippen LogP contribution in [0.2, 0.25) is 0 Å². The van der Waals surface area contributed by atoms with Crippen molar-refractivity contribution in [1.29, 1.82) is 0 Å². The first kappa shape index (κ1) is 18.6. The summed E-state index contributed by atoms with van der Waals surface area (Å²) in [6.45, 7) is 5.73. The predicted octanol–water partition coefficient (Wildman–Crippen LogP) is 3.32. The predicted molar refractivity (Wildman–Crippen MR) is 84.4 cm³/mol. The third-order valence-corrected chi connectivity index (χ3v) is 4.12. The molecule has 1 fully saturated rings. The van der Waals surface area contributed by atoms with Crippen LogP contribution in [0.1, 0.15) is 32.8 Å². The quantitative estimate of drug-likeness (QED) is 0.861. The molecular formula is C17H23F3N2O2. The van der Waals surface area contributed by atoms with Gasteiger partial charge in [-0.2, -0.15) is 13.2 Å². The third kappa shape index (κ3) is 4.41. The van der Waals surface area contributed by atoms with Crippen LogP contribution in [0.4, 0.5) is 13.2 Å². The van der Waals surface area contributed by atoms with Crippen molar-refractivity contribution in [2.24, 2.45) is 5.41 Å². The zero-order valence-corrected chi connectivity index (χ0v) is 14.1. The maximum absolute atomic E-state index is 13.4. The molecule has 0 saturated carbocycles. The first-order valence-electron chi connectivity index (χ1n) is 7.99. The van der Waals surface area contributed by atoms with E-state index in [-0.39, 0.29) is 25.3 Å². The Hall–Kier alpha value is -1.76. The van der Waals surface area contributed by atoms with Gasteiger partial charge in [0.25, 0.3) is 0 Å². The van der Waals surface area contributed by atoms with Gasteiger partial charge in [0.15, 0.2) is 0 Å². The van der Waals surface area contributed by atoms with Crippen LogP contribution >= 0.6 is 0 Å². The highest BCUT2D eigenvalue weighted by Crippen LogP contribution is 2.33. The summed E-state index contributed by atoms with van der Waals surface area (Å²) in [5, 5.41) is 1.02. The van der Waals surface area contributed by atoms with E-state index in [1.807, 2.05) is 6.92 Å². The average Bonchev–Trinajstić information content (AvgIpc) is 2.73. The lowest BCUT2D eigenvalue weighted by Crippen LogP contribution is -2.50. The first-order valence-corrected chi connectivity index (χ1v) is 7.99. The second-order valence-corrected chi connectivity index (χ2v) is 6.63. The van der Waals surface area contributed by atoms with E-state index in [2.05, 4.69) is 5.43 Å². The minimum atomic E-state index is -4.40. The van der Waals surface area contributed by atoms with Crippen LogP contribution in [0, 0.1) is 5.41 Å². The number of ether oxygens (including phenoxy) is 1. The van der Waals surface area contributed by atoms with Crippen LogP contribution < -0.4 is 10.2 Å². The van der Waals surface area contributed by atoms with E-state index in [9.17, 15) is 18.0 Å². The lowest BCUT2D eigenvalue weighted by molar-refractivity contribution is -0.190. The lowest BCUT2D eigenvalue weighted by atomic mass is 9.94. The van der Waals surface area contributed by atoms with E-state index in [1.54, 1.807) is 38.1 Å². The normalized spacial score (nSPS) is 19.2. The number of alkyl halides is 3. The van der Waals surface area contributed by atoms with Gasteiger partial charge in [-0.1, -0.05) is 12.1 Å². The summed E-state index contributed by atoms with van der Waals surface area (Å²) in [7, 11) is 0. The summed E-state index contributed by atoms with van der Waals surface area (Å²) in [4.78, 5) is 11.8. The largest absolute Gasteiger partial charge is 0.494 e. The molecule has 0 spiro atoms. The highest BCUT2D eigenvalue weighted by atomic mass is 19.4. The molecule has 134 valence electrons. The summed E-state index contributed by atoms with van der Waals surface area (Å²) >= 11 is 0. The van der Waals surface area contributed by atoms with Gasteiger partial charge in [-0.05, 0) is 51.3 Å². The number of hydrogen-bond acceptors (Lipinski definition) is 3. The molecule has 7 heteroatoms. The van der Waals surface area contributed by atoms with Gasteiger partial charge < -0.3 is 4.74 Å². The lowest BCUT2D eigenvalue weighted by Gasteiger charge is -2.29. The fraction of sp³-hybridized carbons (Fsp3) is 0.588. The van der Waals surface area contributed by atoms with Crippen molar-refractivity contribution in [3.8, 4) is 5.75 Å². The number of carbonyl (C=O) groups is 1. The Morgan fingerprint density at radius 1 is 1.29 bits per heavy atom. The van der Waals surface area contributed by atoms with Crippen molar-refractivity contribution in [3.63, 3.8) is 0 Å². The van der Waals surface area contributed by atoms with Crippen LogP contribution in [0.15, 0.2) is 24.3 Å². The average molecular weight is 344 g/mol. The summed E-state index contributed by atoms with van der Waals surface area (Å²) in [6.07, 6.45) is -4.25. The zero-order chi connectivity index (χ0) is 18.0. The van der Waals surface area contributed by atoms with Crippen molar-refractivity contribution < 1.29 is 22.7 Å². The second-order valence-electron chi connectivity index (χ2n) is 6.63. The van der Waals surface area contributed by atoms with E-state index in [0.717, 1.165) is 10.6 Å². The summed E-state index contributed by atoms with van der Waals surface area (Å²) in [5.41, 5.74) is 2.35. The number of halogens is 3. The van der Waals surface area contributed by atoms with Crippen molar-refractivity contribution in [2.45, 2.75) is 45.8 Å². The maximum atomic E-state index is 13.4. The highest BCUT2D eigenvalue weighted by Gasteiger charge is 2.49. The van der Waals surface area contributed by atoms with Gasteiger partial charge >= 0.3 is 6.18 Å². The fourth-order valence-electron chi connectivity index (χ4n) is 2.73. The number of carbonyl (C=O) groups excluding carboxylic acids is 1. The van der Waals surface area contributed by atoms with E-state index < -0.39 is 17.6 Å². The molecule has 1 heterocycles. The molecule has 0 radical (unpaired) electrons. The summed E-state index contributed by atoms with van der Waals surface area (Å²) < 4.78 is 45.5. The number of rotatable bonds is 6. The van der Waals surface area contributed by atoms with Crippen LogP contribution in [-0.2, 0) is 11.2 Å². The molecule has 1 amide bonds. The van der Waals surface area contributed by atoms with Gasteiger partial charge in [0.1, 0.15) is 11.8 Å². The van der Waals surface area contributed by atoms with Crippen molar-refractivity contribution in [1.82, 2.24) is 10.4 Å². The Labute approximate surface area is 139 Å². The standard InChI is InChI=1S/C17H23F3N2O2/c1-4-24-13-8-5-12(6-9-13)7-10-14(17(18,19)20)22-11-16(2,3)15(23)21-22/h5-6,8-9,14H,4,7,10-11H2,1-3H3,(H,21,23). The molecule has 1 unspecified atom stereocenters. The molecule has 1 N–H and O–H groups in total. The minimum absolute atomic E-state index is 0.0410. The Balaban J connectivity index is 2.04. The van der Waals surface area contributed by atoms with Gasteiger partial charge in [0, 0.05) is 6.54 Å². The molecule has 0 aliphatic carbocycles. The van der Waals surface area contributed by atoms with Gasteiger partial charge in [-0.15, -0.1) is 0 Å². The van der Waals surface area contributed by atoms with E-state index >= 15 is 0 Å². The van der Waals surface area contributed by atoms with Gasteiger partial charge in [-0.25, -0.2) is 5.01 Å². The molecule has 24 heavy (non-hydrogen) atoms. The van der Waals surface area contributed by atoms with Crippen molar-refractivity contribution in [3.05, 3.63) is 29.8 Å². The number of nitrogens with one attached hydrogen (secondary N) is 1. The zero-order valence-electron chi connectivity index (χ0n) is 14.1. The molecule has 2 rings (SSSR count). The number of benzene rings is 1. The Morgan fingerprint density at radius 2 is 1.92 bits per heavy atom. The molecule has 1 aromatic carbocycles. The molecule has 0 bridgehead atoms. The number of hydrogen-bond donors (Lipinski definition) is 1. The molecule has 1 aromatic rings. The molecule has 0 aromatic heterocycles. The molecule has 1 saturated heterocycles. The van der Waals surface area contributed by atoms with E-state index in [1.165, 1.54) is 0 Å². The number of hydrazine groups is 1. The molecular weight excluding hydrogens is 321 g/mol. The smallest absolute Gasteiger partial charge is 0.405 e. The monoisotopic (exact) mass is 344 g/mol. The van der Waals surface area contributed by atoms with Crippen LogP contribution in [0.3, 0.4) is 0 Å². The van der Waals surface area contributed by atoms with Crippen molar-refractivity contribution in [2.75, 3.05) is 13.2 Å².